The van der Waals surface area contributed by atoms with E-state index < -0.39 is 9.84 Å². The minimum atomic E-state index is -2.90. The largest absolute Gasteiger partial charge is 0.490 e. The Morgan fingerprint density at radius 3 is 2.67 bits per heavy atom. The first-order valence-electron chi connectivity index (χ1n) is 6.82. The molecule has 1 heterocycles. The maximum atomic E-state index is 12.0. The number of hydrogen-bond donors (Lipinski definition) is 1. The van der Waals surface area contributed by atoms with Crippen LogP contribution in [0, 0.1) is 5.92 Å². The molecule has 0 bridgehead atoms. The van der Waals surface area contributed by atoms with Crippen LogP contribution in [0.15, 0.2) is 36.9 Å². The number of carbonyl (C=O) groups excluding carboxylic acids is 1. The molecule has 0 saturated carbocycles. The van der Waals surface area contributed by atoms with Crippen molar-refractivity contribution < 1.29 is 17.9 Å². The minimum absolute atomic E-state index is 0.0224. The predicted molar refractivity (Wildman–Crippen MR) is 81.2 cm³/mol. The van der Waals surface area contributed by atoms with Crippen LogP contribution < -0.4 is 10.1 Å². The van der Waals surface area contributed by atoms with Crippen LogP contribution in [0.25, 0.3) is 0 Å². The zero-order valence-electron chi connectivity index (χ0n) is 11.7. The van der Waals surface area contributed by atoms with Crippen LogP contribution in [0.5, 0.6) is 5.75 Å². The molecule has 1 atom stereocenters. The van der Waals surface area contributed by atoms with E-state index in [9.17, 15) is 13.2 Å². The van der Waals surface area contributed by atoms with Crippen molar-refractivity contribution in [1.82, 2.24) is 5.32 Å². The monoisotopic (exact) mass is 309 g/mol. The lowest BCUT2D eigenvalue weighted by Gasteiger charge is -2.10. The molecule has 2 rings (SSSR count). The van der Waals surface area contributed by atoms with Gasteiger partial charge in [0.2, 0.25) is 0 Å². The molecule has 0 aliphatic carbocycles. The van der Waals surface area contributed by atoms with Crippen molar-refractivity contribution in [1.29, 1.82) is 0 Å². The molecule has 1 amide bonds. The van der Waals surface area contributed by atoms with Gasteiger partial charge in [-0.25, -0.2) is 8.42 Å². The van der Waals surface area contributed by atoms with Gasteiger partial charge in [-0.15, -0.1) is 0 Å². The lowest BCUT2D eigenvalue weighted by molar-refractivity contribution is 0.0948. The first kappa shape index (κ1) is 15.6. The number of nitrogens with one attached hydrogen (secondary N) is 1. The van der Waals surface area contributed by atoms with E-state index in [1.165, 1.54) is 0 Å². The predicted octanol–water partition coefficient (Wildman–Crippen LogP) is 1.42. The minimum Gasteiger partial charge on any atom is -0.490 e. The quantitative estimate of drug-likeness (QED) is 0.807. The summed E-state index contributed by atoms with van der Waals surface area (Å²) in [7, 11) is -2.90. The molecule has 1 unspecified atom stereocenters. The van der Waals surface area contributed by atoms with Crippen molar-refractivity contribution in [3.05, 3.63) is 42.5 Å². The van der Waals surface area contributed by atoms with E-state index in [4.69, 9.17) is 4.74 Å². The third kappa shape index (κ3) is 4.60. The molecule has 1 aromatic carbocycles. The Balaban J connectivity index is 1.84. The second kappa shape index (κ2) is 6.76. The third-order valence-corrected chi connectivity index (χ3v) is 5.20. The summed E-state index contributed by atoms with van der Waals surface area (Å²) in [6.45, 7) is 4.38. The number of ether oxygens (including phenoxy) is 1. The summed E-state index contributed by atoms with van der Waals surface area (Å²) < 4.78 is 28.0. The average molecular weight is 309 g/mol. The fourth-order valence-electron chi connectivity index (χ4n) is 2.23. The summed E-state index contributed by atoms with van der Waals surface area (Å²) >= 11 is 0. The van der Waals surface area contributed by atoms with Crippen LogP contribution in [-0.2, 0) is 9.84 Å². The second-order valence-corrected chi connectivity index (χ2v) is 7.33. The fourth-order valence-corrected chi connectivity index (χ4v) is 4.09. The average Bonchev–Trinajstić information content (AvgIpc) is 2.82. The molecule has 0 aromatic heterocycles. The first-order valence-corrected chi connectivity index (χ1v) is 8.65. The number of benzene rings is 1. The molecule has 1 N–H and O–H groups in total. The van der Waals surface area contributed by atoms with Crippen molar-refractivity contribution >= 4 is 15.7 Å². The molecule has 0 radical (unpaired) electrons. The van der Waals surface area contributed by atoms with Gasteiger partial charge in [0, 0.05) is 12.1 Å². The van der Waals surface area contributed by atoms with Gasteiger partial charge < -0.3 is 10.1 Å². The highest BCUT2D eigenvalue weighted by atomic mass is 32.2. The van der Waals surface area contributed by atoms with E-state index in [1.807, 2.05) is 0 Å². The fraction of sp³-hybridized carbons (Fsp3) is 0.400. The Hall–Kier alpha value is -1.82. The van der Waals surface area contributed by atoms with E-state index in [0.717, 1.165) is 0 Å². The van der Waals surface area contributed by atoms with Gasteiger partial charge in [0.05, 0.1) is 11.5 Å². The normalized spacial score (nSPS) is 19.9. The Morgan fingerprint density at radius 1 is 1.38 bits per heavy atom. The lowest BCUT2D eigenvalue weighted by Crippen LogP contribution is -2.29. The van der Waals surface area contributed by atoms with E-state index in [0.29, 0.717) is 30.9 Å². The third-order valence-electron chi connectivity index (χ3n) is 3.36. The lowest BCUT2D eigenvalue weighted by atomic mass is 10.1. The highest BCUT2D eigenvalue weighted by Gasteiger charge is 2.27. The van der Waals surface area contributed by atoms with Gasteiger partial charge in [-0.1, -0.05) is 12.7 Å². The molecule has 1 aliphatic heterocycles. The Kier molecular flexibility index (Phi) is 5.01. The van der Waals surface area contributed by atoms with Crippen LogP contribution in [0.3, 0.4) is 0 Å². The summed E-state index contributed by atoms with van der Waals surface area (Å²) in [5, 5.41) is 2.78. The number of amides is 1. The summed E-state index contributed by atoms with van der Waals surface area (Å²) in [5.74, 6) is 0.891. The summed E-state index contributed by atoms with van der Waals surface area (Å²) in [6.07, 6.45) is 2.27. The van der Waals surface area contributed by atoms with Crippen molar-refractivity contribution in [2.45, 2.75) is 6.42 Å². The molecule has 1 fully saturated rings. The Morgan fingerprint density at radius 2 is 2.10 bits per heavy atom. The zero-order valence-corrected chi connectivity index (χ0v) is 12.6. The summed E-state index contributed by atoms with van der Waals surface area (Å²) in [4.78, 5) is 12.0. The maximum absolute atomic E-state index is 12.0. The first-order chi connectivity index (χ1) is 10.00. The van der Waals surface area contributed by atoms with Crippen LogP contribution in [0.1, 0.15) is 16.8 Å². The highest BCUT2D eigenvalue weighted by molar-refractivity contribution is 7.91. The summed E-state index contributed by atoms with van der Waals surface area (Å²) in [6, 6.07) is 6.80. The van der Waals surface area contributed by atoms with Crippen LogP contribution in [-0.4, -0.2) is 39.0 Å². The smallest absolute Gasteiger partial charge is 0.251 e. The number of rotatable bonds is 6. The van der Waals surface area contributed by atoms with Crippen LogP contribution in [0.4, 0.5) is 0 Å². The molecule has 1 aromatic rings. The molecule has 5 nitrogen and oxygen atoms in total. The van der Waals surface area contributed by atoms with Gasteiger partial charge in [0.1, 0.15) is 12.4 Å². The van der Waals surface area contributed by atoms with Gasteiger partial charge in [0.25, 0.3) is 5.91 Å². The van der Waals surface area contributed by atoms with Gasteiger partial charge in [-0.2, -0.15) is 0 Å². The van der Waals surface area contributed by atoms with E-state index >= 15 is 0 Å². The van der Waals surface area contributed by atoms with Crippen LogP contribution in [0.2, 0.25) is 0 Å². The van der Waals surface area contributed by atoms with Crippen molar-refractivity contribution in [3.8, 4) is 5.75 Å². The number of carbonyl (C=O) groups is 1. The van der Waals surface area contributed by atoms with E-state index in [2.05, 4.69) is 11.9 Å². The standard InChI is InChI=1S/C15H19NO4S/c1-2-8-20-14-5-3-13(4-6-14)15(17)16-10-12-7-9-21(18,19)11-12/h2-6,12H,1,7-11H2,(H,16,17). The molecule has 1 aliphatic rings. The molecule has 0 spiro atoms. The molecule has 21 heavy (non-hydrogen) atoms. The van der Waals surface area contributed by atoms with E-state index in [1.54, 1.807) is 30.3 Å². The SMILES string of the molecule is C=CCOc1ccc(C(=O)NCC2CCS(=O)(=O)C2)cc1. The molecular formula is C15H19NO4S. The summed E-state index contributed by atoms with van der Waals surface area (Å²) in [5.41, 5.74) is 0.529. The Labute approximate surface area is 124 Å². The maximum Gasteiger partial charge on any atom is 0.251 e. The van der Waals surface area contributed by atoms with Gasteiger partial charge in [0.15, 0.2) is 9.84 Å². The Bertz CT molecular complexity index is 607. The van der Waals surface area contributed by atoms with Crippen molar-refractivity contribution in [2.75, 3.05) is 24.7 Å². The molecule has 6 heteroatoms. The topological polar surface area (TPSA) is 72.5 Å². The number of sulfone groups is 1. The van der Waals surface area contributed by atoms with Crippen molar-refractivity contribution in [2.24, 2.45) is 5.92 Å². The molecule has 1 saturated heterocycles. The van der Waals surface area contributed by atoms with Gasteiger partial charge in [-0.05, 0) is 36.6 Å². The van der Waals surface area contributed by atoms with Gasteiger partial charge >= 0.3 is 0 Å². The highest BCUT2D eigenvalue weighted by Crippen LogP contribution is 2.17. The van der Waals surface area contributed by atoms with Crippen LogP contribution >= 0.6 is 0 Å². The molecular weight excluding hydrogens is 290 g/mol. The van der Waals surface area contributed by atoms with Crippen molar-refractivity contribution in [3.63, 3.8) is 0 Å². The number of hydrogen-bond acceptors (Lipinski definition) is 4. The van der Waals surface area contributed by atoms with E-state index in [-0.39, 0.29) is 23.3 Å². The molecule has 114 valence electrons. The second-order valence-electron chi connectivity index (χ2n) is 5.10. The zero-order chi connectivity index (χ0) is 15.3. The van der Waals surface area contributed by atoms with Gasteiger partial charge in [-0.3, -0.25) is 4.79 Å².